The van der Waals surface area contributed by atoms with E-state index in [1.165, 1.54) is 0 Å². The van der Waals surface area contributed by atoms with Crippen molar-refractivity contribution >= 4 is 5.82 Å². The first-order chi connectivity index (χ1) is 9.45. The van der Waals surface area contributed by atoms with Gasteiger partial charge in [-0.3, -0.25) is 4.79 Å². The van der Waals surface area contributed by atoms with Gasteiger partial charge in [-0.1, -0.05) is 12.8 Å². The molecule has 1 N–H and O–H groups in total. The van der Waals surface area contributed by atoms with Gasteiger partial charge in [0.2, 0.25) is 0 Å². The van der Waals surface area contributed by atoms with Crippen molar-refractivity contribution in [2.75, 3.05) is 18.1 Å². The zero-order chi connectivity index (χ0) is 14.8. The number of aliphatic hydroxyl groups excluding tert-OH is 1. The van der Waals surface area contributed by atoms with Crippen LogP contribution in [0.3, 0.4) is 0 Å². The molecule has 1 aliphatic heterocycles. The highest BCUT2D eigenvalue weighted by Gasteiger charge is 2.26. The molecule has 5 nitrogen and oxygen atoms in total. The lowest BCUT2D eigenvalue weighted by atomic mass is 10.1. The summed E-state index contributed by atoms with van der Waals surface area (Å²) in [5.74, 6) is 0.475. The molecule has 5 heteroatoms. The topological polar surface area (TPSA) is 58.4 Å². The van der Waals surface area contributed by atoms with E-state index in [1.807, 2.05) is 25.7 Å². The molecule has 0 saturated carbocycles. The molecular weight excluding hydrogens is 254 g/mol. The van der Waals surface area contributed by atoms with Crippen LogP contribution >= 0.6 is 0 Å². The minimum Gasteiger partial charge on any atom is -0.394 e. The van der Waals surface area contributed by atoms with Gasteiger partial charge in [0, 0.05) is 24.5 Å². The number of hydrogen-bond acceptors (Lipinski definition) is 4. The number of hydrogen-bond donors (Lipinski definition) is 1. The first kappa shape index (κ1) is 15.0. The summed E-state index contributed by atoms with van der Waals surface area (Å²) in [5.41, 5.74) is -0.338. The Kier molecular flexibility index (Phi) is 4.48. The Morgan fingerprint density at radius 1 is 1.35 bits per heavy atom. The van der Waals surface area contributed by atoms with E-state index in [4.69, 9.17) is 0 Å². The number of rotatable bonds is 2. The molecule has 0 spiro atoms. The van der Waals surface area contributed by atoms with Crippen molar-refractivity contribution in [3.63, 3.8) is 0 Å². The second kappa shape index (κ2) is 5.95. The van der Waals surface area contributed by atoms with Crippen LogP contribution in [0.2, 0.25) is 0 Å². The predicted octanol–water partition coefficient (Wildman–Crippen LogP) is 1.74. The lowest BCUT2D eigenvalue weighted by Crippen LogP contribution is -2.44. The minimum atomic E-state index is -0.269. The van der Waals surface area contributed by atoms with Crippen molar-refractivity contribution in [2.24, 2.45) is 0 Å². The summed E-state index contributed by atoms with van der Waals surface area (Å²) in [7, 11) is 0. The van der Waals surface area contributed by atoms with Crippen LogP contribution in [0.5, 0.6) is 0 Å². The van der Waals surface area contributed by atoms with Crippen LogP contribution in [-0.4, -0.2) is 33.9 Å². The van der Waals surface area contributed by atoms with Crippen LogP contribution in [0.25, 0.3) is 0 Å². The van der Waals surface area contributed by atoms with Crippen LogP contribution in [0.15, 0.2) is 17.2 Å². The summed E-state index contributed by atoms with van der Waals surface area (Å²) < 4.78 is 1.72. The Morgan fingerprint density at radius 3 is 2.75 bits per heavy atom. The van der Waals surface area contributed by atoms with Gasteiger partial charge in [-0.15, -0.1) is 0 Å². The third-order valence-electron chi connectivity index (χ3n) is 3.91. The van der Waals surface area contributed by atoms with Gasteiger partial charge in [-0.25, -0.2) is 4.98 Å². The molecule has 2 rings (SSSR count). The Hall–Kier alpha value is -1.36. The second-order valence-electron chi connectivity index (χ2n) is 6.48. The maximum absolute atomic E-state index is 12.7. The van der Waals surface area contributed by atoms with E-state index in [-0.39, 0.29) is 23.7 Å². The molecule has 1 fully saturated rings. The summed E-state index contributed by atoms with van der Waals surface area (Å²) in [6.07, 6.45) is 7.62. The zero-order valence-electron chi connectivity index (χ0n) is 12.7. The van der Waals surface area contributed by atoms with E-state index in [2.05, 4.69) is 4.98 Å². The van der Waals surface area contributed by atoms with Gasteiger partial charge >= 0.3 is 0 Å². The Balaban J connectivity index is 2.43. The van der Waals surface area contributed by atoms with Crippen molar-refractivity contribution in [1.82, 2.24) is 9.55 Å². The number of nitrogens with zero attached hydrogens (tertiary/aromatic N) is 3. The standard InChI is InChI=1S/C15H25N3O2/c1-15(2,3)18-10-8-16-13(14(18)20)17-9-6-4-5-7-12(17)11-19/h8,10,12,19H,4-7,9,11H2,1-3H3. The molecule has 1 atom stereocenters. The van der Waals surface area contributed by atoms with Gasteiger partial charge < -0.3 is 14.6 Å². The van der Waals surface area contributed by atoms with E-state index in [9.17, 15) is 9.90 Å². The Morgan fingerprint density at radius 2 is 2.10 bits per heavy atom. The highest BCUT2D eigenvalue weighted by atomic mass is 16.3. The fourth-order valence-electron chi connectivity index (χ4n) is 2.77. The highest BCUT2D eigenvalue weighted by Crippen LogP contribution is 2.21. The summed E-state index contributed by atoms with van der Waals surface area (Å²) in [6, 6.07) is 0.00789. The molecular formula is C15H25N3O2. The summed E-state index contributed by atoms with van der Waals surface area (Å²) in [5, 5.41) is 9.59. The molecule has 1 unspecified atom stereocenters. The largest absolute Gasteiger partial charge is 0.394 e. The molecule has 1 aromatic heterocycles. The monoisotopic (exact) mass is 279 g/mol. The average molecular weight is 279 g/mol. The fraction of sp³-hybridized carbons (Fsp3) is 0.733. The number of aromatic nitrogens is 2. The van der Waals surface area contributed by atoms with E-state index in [0.29, 0.717) is 5.82 Å². The van der Waals surface area contributed by atoms with Crippen molar-refractivity contribution < 1.29 is 5.11 Å². The third kappa shape index (κ3) is 3.03. The van der Waals surface area contributed by atoms with Crippen LogP contribution in [0.4, 0.5) is 5.82 Å². The Labute approximate surface area is 120 Å². The van der Waals surface area contributed by atoms with Crippen molar-refractivity contribution in [3.8, 4) is 0 Å². The van der Waals surface area contributed by atoms with Gasteiger partial charge in [-0.2, -0.15) is 0 Å². The predicted molar refractivity (Wildman–Crippen MR) is 80.2 cm³/mol. The first-order valence-electron chi connectivity index (χ1n) is 7.41. The SMILES string of the molecule is CC(C)(C)n1ccnc(N2CCCCCC2CO)c1=O. The van der Waals surface area contributed by atoms with E-state index in [0.717, 1.165) is 32.2 Å². The van der Waals surface area contributed by atoms with E-state index in [1.54, 1.807) is 17.0 Å². The lowest BCUT2D eigenvalue weighted by molar-refractivity contribution is 0.254. The van der Waals surface area contributed by atoms with Crippen LogP contribution in [0.1, 0.15) is 46.5 Å². The lowest BCUT2D eigenvalue weighted by Gasteiger charge is -2.30. The summed E-state index contributed by atoms with van der Waals surface area (Å²) in [4.78, 5) is 19.0. The van der Waals surface area contributed by atoms with Crippen molar-refractivity contribution in [3.05, 3.63) is 22.7 Å². The molecule has 20 heavy (non-hydrogen) atoms. The van der Waals surface area contributed by atoms with Gasteiger partial charge in [0.25, 0.3) is 5.56 Å². The second-order valence-corrected chi connectivity index (χ2v) is 6.48. The normalized spacial score (nSPS) is 20.8. The van der Waals surface area contributed by atoms with Crippen molar-refractivity contribution in [2.45, 2.75) is 58.0 Å². The van der Waals surface area contributed by atoms with Crippen LogP contribution < -0.4 is 10.5 Å². The molecule has 0 aromatic carbocycles. The van der Waals surface area contributed by atoms with Crippen LogP contribution in [0, 0.1) is 0 Å². The molecule has 1 aromatic rings. The highest BCUT2D eigenvalue weighted by molar-refractivity contribution is 5.38. The average Bonchev–Trinajstić information content (AvgIpc) is 2.62. The van der Waals surface area contributed by atoms with E-state index >= 15 is 0 Å². The number of anilines is 1. The molecule has 0 radical (unpaired) electrons. The van der Waals surface area contributed by atoms with Gasteiger partial charge in [-0.05, 0) is 33.6 Å². The van der Waals surface area contributed by atoms with Gasteiger partial charge in [0.05, 0.1) is 12.6 Å². The molecule has 2 heterocycles. The third-order valence-corrected chi connectivity index (χ3v) is 3.91. The quantitative estimate of drug-likeness (QED) is 0.896. The Bertz CT molecular complexity index is 505. The molecule has 0 amide bonds. The number of aliphatic hydroxyl groups is 1. The molecule has 112 valence electrons. The van der Waals surface area contributed by atoms with Gasteiger partial charge in [0.15, 0.2) is 5.82 Å². The molecule has 1 aliphatic rings. The fourth-order valence-corrected chi connectivity index (χ4v) is 2.77. The van der Waals surface area contributed by atoms with E-state index < -0.39 is 0 Å². The maximum Gasteiger partial charge on any atom is 0.293 e. The molecule has 0 aliphatic carbocycles. The summed E-state index contributed by atoms with van der Waals surface area (Å²) in [6.45, 7) is 6.88. The first-order valence-corrected chi connectivity index (χ1v) is 7.41. The zero-order valence-corrected chi connectivity index (χ0v) is 12.7. The smallest absolute Gasteiger partial charge is 0.293 e. The maximum atomic E-state index is 12.7. The minimum absolute atomic E-state index is 0.00789. The van der Waals surface area contributed by atoms with Crippen LogP contribution in [-0.2, 0) is 5.54 Å². The van der Waals surface area contributed by atoms with Gasteiger partial charge in [0.1, 0.15) is 0 Å². The molecule has 0 bridgehead atoms. The summed E-state index contributed by atoms with van der Waals surface area (Å²) >= 11 is 0. The molecule has 1 saturated heterocycles. The van der Waals surface area contributed by atoms with Crippen molar-refractivity contribution in [1.29, 1.82) is 0 Å².